The summed E-state index contributed by atoms with van der Waals surface area (Å²) in [6.45, 7) is 13.1. The average molecular weight is 350 g/mol. The summed E-state index contributed by atoms with van der Waals surface area (Å²) >= 11 is 1.67. The highest BCUT2D eigenvalue weighted by Gasteiger charge is 2.30. The maximum absolute atomic E-state index is 6.03. The second-order valence-electron chi connectivity index (χ2n) is 7.56. The molecule has 0 aliphatic carbocycles. The van der Waals surface area contributed by atoms with Gasteiger partial charge in [0, 0.05) is 23.9 Å². The molecule has 0 amide bonds. The highest BCUT2D eigenvalue weighted by atomic mass is 32.1. The fraction of sp³-hybridized carbons (Fsp3) is 0.667. The molecule has 5 nitrogen and oxygen atoms in total. The van der Waals surface area contributed by atoms with Crippen molar-refractivity contribution in [1.82, 2.24) is 14.9 Å². The van der Waals surface area contributed by atoms with Crippen molar-refractivity contribution in [1.29, 1.82) is 0 Å². The van der Waals surface area contributed by atoms with Crippen LogP contribution in [0, 0.1) is 6.92 Å². The van der Waals surface area contributed by atoms with Gasteiger partial charge in [0.25, 0.3) is 0 Å². The molecule has 132 valence electrons. The van der Waals surface area contributed by atoms with Crippen LogP contribution in [0.4, 0.5) is 0 Å². The predicted molar refractivity (Wildman–Crippen MR) is 95.2 cm³/mol. The van der Waals surface area contributed by atoms with Gasteiger partial charge in [0.1, 0.15) is 5.76 Å². The van der Waals surface area contributed by atoms with E-state index in [1.165, 1.54) is 0 Å². The van der Waals surface area contributed by atoms with Crippen LogP contribution >= 0.6 is 11.3 Å². The summed E-state index contributed by atoms with van der Waals surface area (Å²) < 4.78 is 12.0. The van der Waals surface area contributed by atoms with Crippen LogP contribution in [-0.4, -0.2) is 34.1 Å². The summed E-state index contributed by atoms with van der Waals surface area (Å²) in [5.41, 5.74) is 1.03. The molecular weight excluding hydrogens is 322 g/mol. The number of oxazole rings is 1. The molecule has 1 aliphatic rings. The Hall–Kier alpha value is -1.24. The van der Waals surface area contributed by atoms with E-state index in [0.717, 1.165) is 41.9 Å². The molecule has 1 fully saturated rings. The van der Waals surface area contributed by atoms with Gasteiger partial charge in [-0.1, -0.05) is 20.8 Å². The standard InChI is InChI=1S/C18H27N3O2S/c1-12(17-19-8-16(23-17)18(3,4)5)21-7-6-15(9-21)22-10-14-11-24-13(2)20-14/h8,11-12,15H,6-7,9-10H2,1-5H3/t12-,15+/m0/s1. The number of ether oxygens (including phenoxy) is 1. The minimum absolute atomic E-state index is 0.00666. The number of likely N-dealkylation sites (tertiary alicyclic amines) is 1. The van der Waals surface area contributed by atoms with Crippen molar-refractivity contribution < 1.29 is 9.15 Å². The van der Waals surface area contributed by atoms with Crippen molar-refractivity contribution in [3.63, 3.8) is 0 Å². The molecular formula is C18H27N3O2S. The van der Waals surface area contributed by atoms with Crippen molar-refractivity contribution in [2.24, 2.45) is 0 Å². The number of aryl methyl sites for hydroxylation is 1. The van der Waals surface area contributed by atoms with Crippen molar-refractivity contribution in [2.75, 3.05) is 13.1 Å². The van der Waals surface area contributed by atoms with Crippen LogP contribution in [-0.2, 0) is 16.8 Å². The second kappa shape index (κ2) is 6.94. The van der Waals surface area contributed by atoms with E-state index in [1.54, 1.807) is 11.3 Å². The van der Waals surface area contributed by atoms with Gasteiger partial charge < -0.3 is 9.15 Å². The predicted octanol–water partition coefficient (Wildman–Crippen LogP) is 4.09. The monoisotopic (exact) mass is 349 g/mol. The van der Waals surface area contributed by atoms with E-state index in [9.17, 15) is 0 Å². The zero-order valence-electron chi connectivity index (χ0n) is 15.2. The highest BCUT2D eigenvalue weighted by Crippen LogP contribution is 2.29. The van der Waals surface area contributed by atoms with E-state index in [1.807, 2.05) is 13.1 Å². The van der Waals surface area contributed by atoms with E-state index in [2.05, 4.69) is 47.9 Å². The third kappa shape index (κ3) is 4.05. The van der Waals surface area contributed by atoms with Gasteiger partial charge in [0.15, 0.2) is 0 Å². The summed E-state index contributed by atoms with van der Waals surface area (Å²) in [6.07, 6.45) is 3.16. The molecule has 0 N–H and O–H groups in total. The van der Waals surface area contributed by atoms with Crippen molar-refractivity contribution in [3.05, 3.63) is 33.9 Å². The zero-order chi connectivity index (χ0) is 17.3. The Morgan fingerprint density at radius 2 is 2.25 bits per heavy atom. The minimum atomic E-state index is -0.00666. The molecule has 0 saturated carbocycles. The second-order valence-corrected chi connectivity index (χ2v) is 8.63. The van der Waals surface area contributed by atoms with E-state index in [-0.39, 0.29) is 17.6 Å². The number of aromatic nitrogens is 2. The first kappa shape index (κ1) is 17.6. The number of rotatable bonds is 5. The van der Waals surface area contributed by atoms with Gasteiger partial charge in [0.2, 0.25) is 5.89 Å². The molecule has 3 rings (SSSR count). The van der Waals surface area contributed by atoms with E-state index in [4.69, 9.17) is 9.15 Å². The molecule has 0 aromatic carbocycles. The van der Waals surface area contributed by atoms with Gasteiger partial charge in [0.05, 0.1) is 35.7 Å². The lowest BCUT2D eigenvalue weighted by molar-refractivity contribution is 0.0409. The van der Waals surface area contributed by atoms with Gasteiger partial charge in [-0.25, -0.2) is 9.97 Å². The summed E-state index contributed by atoms with van der Waals surface area (Å²) in [6, 6.07) is 0.177. The maximum Gasteiger partial charge on any atom is 0.211 e. The molecule has 0 radical (unpaired) electrons. The molecule has 1 saturated heterocycles. The molecule has 0 bridgehead atoms. The third-order valence-corrected chi connectivity index (χ3v) is 5.30. The van der Waals surface area contributed by atoms with Crippen LogP contribution in [0.3, 0.4) is 0 Å². The number of hydrogen-bond donors (Lipinski definition) is 0. The first-order valence-corrected chi connectivity index (χ1v) is 9.44. The zero-order valence-corrected chi connectivity index (χ0v) is 16.0. The van der Waals surface area contributed by atoms with E-state index < -0.39 is 0 Å². The smallest absolute Gasteiger partial charge is 0.211 e. The molecule has 2 aromatic rings. The number of hydrogen-bond acceptors (Lipinski definition) is 6. The molecule has 0 spiro atoms. The topological polar surface area (TPSA) is 51.4 Å². The Kier molecular flexibility index (Phi) is 5.08. The molecule has 0 unspecified atom stereocenters. The maximum atomic E-state index is 6.03. The fourth-order valence-corrected chi connectivity index (χ4v) is 3.50. The van der Waals surface area contributed by atoms with Crippen molar-refractivity contribution in [2.45, 2.75) is 65.2 Å². The lowest BCUT2D eigenvalue weighted by Gasteiger charge is -2.22. The summed E-state index contributed by atoms with van der Waals surface area (Å²) in [4.78, 5) is 11.3. The lowest BCUT2D eigenvalue weighted by Crippen LogP contribution is -2.26. The Morgan fingerprint density at radius 1 is 1.46 bits per heavy atom. The summed E-state index contributed by atoms with van der Waals surface area (Å²) in [5, 5.41) is 3.17. The summed E-state index contributed by atoms with van der Waals surface area (Å²) in [7, 11) is 0. The molecule has 1 aliphatic heterocycles. The van der Waals surface area contributed by atoms with Crippen LogP contribution in [0.2, 0.25) is 0 Å². The largest absolute Gasteiger partial charge is 0.443 e. The number of thiazole rings is 1. The van der Waals surface area contributed by atoms with Gasteiger partial charge in [-0.3, -0.25) is 4.90 Å². The van der Waals surface area contributed by atoms with E-state index >= 15 is 0 Å². The van der Waals surface area contributed by atoms with Crippen molar-refractivity contribution in [3.8, 4) is 0 Å². The Morgan fingerprint density at radius 3 is 2.88 bits per heavy atom. The first-order valence-electron chi connectivity index (χ1n) is 8.56. The Balaban J connectivity index is 1.54. The van der Waals surface area contributed by atoms with Gasteiger partial charge in [-0.05, 0) is 20.3 Å². The van der Waals surface area contributed by atoms with Crippen LogP contribution in [0.15, 0.2) is 16.0 Å². The van der Waals surface area contributed by atoms with Crippen molar-refractivity contribution >= 4 is 11.3 Å². The van der Waals surface area contributed by atoms with E-state index in [0.29, 0.717) is 6.61 Å². The Bertz CT molecular complexity index is 674. The SMILES string of the molecule is Cc1nc(CO[C@@H]2CCN([C@@H](C)c3ncc(C(C)(C)C)o3)C2)cs1. The molecule has 2 aromatic heterocycles. The third-order valence-electron chi connectivity index (χ3n) is 4.48. The average Bonchev–Trinajstić information content (AvgIpc) is 3.24. The van der Waals surface area contributed by atoms with Crippen LogP contribution < -0.4 is 0 Å². The molecule has 2 atom stereocenters. The van der Waals surface area contributed by atoms with Gasteiger partial charge >= 0.3 is 0 Å². The summed E-state index contributed by atoms with van der Waals surface area (Å²) in [5.74, 6) is 1.74. The van der Waals surface area contributed by atoms with Gasteiger partial charge in [-0.2, -0.15) is 0 Å². The fourth-order valence-electron chi connectivity index (χ4n) is 2.90. The minimum Gasteiger partial charge on any atom is -0.443 e. The Labute approximate surface area is 148 Å². The first-order chi connectivity index (χ1) is 11.3. The quantitative estimate of drug-likeness (QED) is 0.814. The lowest BCUT2D eigenvalue weighted by atomic mass is 9.94. The highest BCUT2D eigenvalue weighted by molar-refractivity contribution is 7.09. The van der Waals surface area contributed by atoms with Crippen LogP contribution in [0.5, 0.6) is 0 Å². The normalized spacial score (nSPS) is 20.6. The molecule has 3 heterocycles. The molecule has 6 heteroatoms. The van der Waals surface area contributed by atoms with Crippen LogP contribution in [0.1, 0.15) is 62.5 Å². The number of nitrogens with zero attached hydrogens (tertiary/aromatic N) is 3. The molecule has 24 heavy (non-hydrogen) atoms. The van der Waals surface area contributed by atoms with Crippen LogP contribution in [0.25, 0.3) is 0 Å². The van der Waals surface area contributed by atoms with Gasteiger partial charge in [-0.15, -0.1) is 11.3 Å².